The van der Waals surface area contributed by atoms with E-state index in [0.29, 0.717) is 22.8 Å². The highest BCUT2D eigenvalue weighted by Gasteiger charge is 2.22. The predicted octanol–water partition coefficient (Wildman–Crippen LogP) is 10.3. The Morgan fingerprint density at radius 2 is 1.45 bits per heavy atom. The van der Waals surface area contributed by atoms with Gasteiger partial charge in [0.25, 0.3) is 0 Å². The second-order valence-corrected chi connectivity index (χ2v) is 11.4. The Balaban J connectivity index is 1.45. The molecule has 0 N–H and O–H groups in total. The Kier molecular flexibility index (Phi) is 13.5. The molecule has 206 valence electrons. The van der Waals surface area contributed by atoms with Crippen molar-refractivity contribution < 1.29 is 9.53 Å². The number of rotatable bonds is 16. The summed E-state index contributed by atoms with van der Waals surface area (Å²) in [5, 5.41) is 9.66. The van der Waals surface area contributed by atoms with Gasteiger partial charge in [0.05, 0.1) is 11.1 Å². The molecule has 38 heavy (non-hydrogen) atoms. The van der Waals surface area contributed by atoms with Gasteiger partial charge in [-0.3, -0.25) is 0 Å². The Labute approximate surface area is 232 Å². The van der Waals surface area contributed by atoms with E-state index in [-0.39, 0.29) is 0 Å². The van der Waals surface area contributed by atoms with Crippen LogP contribution in [0, 0.1) is 17.2 Å². The lowest BCUT2D eigenvalue weighted by atomic mass is 9.77. The third kappa shape index (κ3) is 9.94. The molecular formula is C35H49NO2. The minimum atomic E-state index is -0.400. The Hall–Kier alpha value is -2.60. The lowest BCUT2D eigenvalue weighted by Crippen LogP contribution is -2.14. The smallest absolute Gasteiger partial charge is 0.343 e. The van der Waals surface area contributed by atoms with Crippen LogP contribution in [0.1, 0.15) is 150 Å². The van der Waals surface area contributed by atoms with Gasteiger partial charge in [-0.2, -0.15) is 5.26 Å². The van der Waals surface area contributed by atoms with E-state index in [1.807, 2.05) is 24.3 Å². The maximum absolute atomic E-state index is 12.8. The summed E-state index contributed by atoms with van der Waals surface area (Å²) in [6, 6.07) is 15.8. The van der Waals surface area contributed by atoms with Gasteiger partial charge in [-0.25, -0.2) is 4.79 Å². The fourth-order valence-corrected chi connectivity index (χ4v) is 5.89. The average Bonchev–Trinajstić information content (AvgIpc) is 2.95. The molecule has 0 spiro atoms. The first-order valence-electron chi connectivity index (χ1n) is 15.5. The van der Waals surface area contributed by atoms with E-state index in [9.17, 15) is 10.1 Å². The molecule has 3 nitrogen and oxygen atoms in total. The first-order valence-corrected chi connectivity index (χ1v) is 15.5. The van der Waals surface area contributed by atoms with E-state index in [1.165, 1.54) is 102 Å². The fourth-order valence-electron chi connectivity index (χ4n) is 5.89. The van der Waals surface area contributed by atoms with E-state index in [2.05, 4.69) is 32.0 Å². The van der Waals surface area contributed by atoms with Crippen molar-refractivity contribution >= 4 is 5.97 Å². The van der Waals surface area contributed by atoms with Crippen LogP contribution in [0.5, 0.6) is 5.75 Å². The summed E-state index contributed by atoms with van der Waals surface area (Å²) < 4.78 is 5.65. The molecule has 0 heterocycles. The minimum Gasteiger partial charge on any atom is -0.422 e. The number of carbonyl (C=O) groups is 1. The highest BCUT2D eigenvalue weighted by Crippen LogP contribution is 2.37. The molecule has 1 fully saturated rings. The molecule has 0 amide bonds. The molecule has 1 saturated carbocycles. The summed E-state index contributed by atoms with van der Waals surface area (Å²) >= 11 is 0. The van der Waals surface area contributed by atoms with Gasteiger partial charge in [0.1, 0.15) is 11.8 Å². The maximum Gasteiger partial charge on any atom is 0.343 e. The summed E-state index contributed by atoms with van der Waals surface area (Å²) in [6.45, 7) is 4.52. The van der Waals surface area contributed by atoms with E-state index in [1.54, 1.807) is 6.07 Å². The van der Waals surface area contributed by atoms with Gasteiger partial charge in [0.15, 0.2) is 0 Å². The van der Waals surface area contributed by atoms with Crippen LogP contribution in [-0.4, -0.2) is 5.97 Å². The summed E-state index contributed by atoms with van der Waals surface area (Å²) in [5.74, 6) is 1.44. The molecule has 1 aliphatic carbocycles. The number of aryl methyl sites for hydroxylation is 1. The van der Waals surface area contributed by atoms with Crippen molar-refractivity contribution in [1.29, 1.82) is 5.26 Å². The molecule has 0 aliphatic heterocycles. The zero-order valence-electron chi connectivity index (χ0n) is 24.0. The van der Waals surface area contributed by atoms with Gasteiger partial charge < -0.3 is 4.74 Å². The summed E-state index contributed by atoms with van der Waals surface area (Å²) in [4.78, 5) is 12.8. The second-order valence-electron chi connectivity index (χ2n) is 11.4. The number of carbonyl (C=O) groups excluding carboxylic acids is 1. The van der Waals surface area contributed by atoms with Crippen LogP contribution in [0.3, 0.4) is 0 Å². The number of benzene rings is 2. The van der Waals surface area contributed by atoms with Gasteiger partial charge in [0.2, 0.25) is 0 Å². The Morgan fingerprint density at radius 3 is 2.11 bits per heavy atom. The number of hydrogen-bond donors (Lipinski definition) is 0. The van der Waals surface area contributed by atoms with Gasteiger partial charge in [-0.15, -0.1) is 0 Å². The zero-order chi connectivity index (χ0) is 27.0. The van der Waals surface area contributed by atoms with Gasteiger partial charge in [0, 0.05) is 0 Å². The summed E-state index contributed by atoms with van der Waals surface area (Å²) in [7, 11) is 0. The van der Waals surface area contributed by atoms with Gasteiger partial charge in [-0.1, -0.05) is 103 Å². The third-order valence-corrected chi connectivity index (χ3v) is 8.37. The molecule has 0 atom stereocenters. The lowest BCUT2D eigenvalue weighted by Gasteiger charge is -2.29. The van der Waals surface area contributed by atoms with Crippen molar-refractivity contribution in [3.05, 3.63) is 64.7 Å². The monoisotopic (exact) mass is 515 g/mol. The van der Waals surface area contributed by atoms with Crippen LogP contribution in [0.15, 0.2) is 42.5 Å². The number of unbranched alkanes of at least 4 members (excludes halogenated alkanes) is 9. The van der Waals surface area contributed by atoms with E-state index in [4.69, 9.17) is 4.74 Å². The van der Waals surface area contributed by atoms with Gasteiger partial charge in [-0.05, 0) is 85.8 Å². The van der Waals surface area contributed by atoms with Crippen molar-refractivity contribution in [2.24, 2.45) is 5.92 Å². The first kappa shape index (κ1) is 29.9. The highest BCUT2D eigenvalue weighted by atomic mass is 16.5. The number of nitriles is 1. The fraction of sp³-hybridized carbons (Fsp3) is 0.600. The molecule has 2 aromatic carbocycles. The Morgan fingerprint density at radius 1 is 0.816 bits per heavy atom. The SMILES string of the molecule is CCCCCCCCCCc1ccc(OC(=O)c2ccc(C3CCC(CCCCC)CC3)cc2)c(C#N)c1. The van der Waals surface area contributed by atoms with Crippen molar-refractivity contribution in [2.75, 3.05) is 0 Å². The molecule has 0 saturated heterocycles. The topological polar surface area (TPSA) is 50.1 Å². The van der Waals surface area contributed by atoms with Crippen molar-refractivity contribution in [1.82, 2.24) is 0 Å². The third-order valence-electron chi connectivity index (χ3n) is 8.37. The van der Waals surface area contributed by atoms with E-state index < -0.39 is 5.97 Å². The molecule has 0 bridgehead atoms. The van der Waals surface area contributed by atoms with E-state index >= 15 is 0 Å². The number of hydrogen-bond acceptors (Lipinski definition) is 3. The van der Waals surface area contributed by atoms with Crippen LogP contribution < -0.4 is 4.74 Å². The molecule has 0 unspecified atom stereocenters. The van der Waals surface area contributed by atoms with E-state index in [0.717, 1.165) is 24.3 Å². The standard InChI is InChI=1S/C35H49NO2/c1-3-5-7-8-9-10-11-13-15-29-18-25-34(33(26-29)27-36)38-35(37)32-23-21-31(22-24-32)30-19-16-28(17-20-30)14-12-6-4-2/h18,21-26,28,30H,3-17,19-20H2,1-2H3. The number of nitrogens with zero attached hydrogens (tertiary/aromatic N) is 1. The molecule has 3 rings (SSSR count). The van der Waals surface area contributed by atoms with Crippen molar-refractivity contribution in [3.63, 3.8) is 0 Å². The Bertz CT molecular complexity index is 996. The molecular weight excluding hydrogens is 466 g/mol. The highest BCUT2D eigenvalue weighted by molar-refractivity contribution is 5.91. The normalized spacial score (nSPS) is 17.2. The first-order chi connectivity index (χ1) is 18.6. The van der Waals surface area contributed by atoms with Crippen LogP contribution >= 0.6 is 0 Å². The lowest BCUT2D eigenvalue weighted by molar-refractivity contribution is 0.0734. The van der Waals surface area contributed by atoms with Crippen molar-refractivity contribution in [2.45, 2.75) is 129 Å². The maximum atomic E-state index is 12.8. The summed E-state index contributed by atoms with van der Waals surface area (Å²) in [5.41, 5.74) is 3.44. The average molecular weight is 516 g/mol. The molecule has 0 aromatic heterocycles. The number of ether oxygens (including phenoxy) is 1. The van der Waals surface area contributed by atoms with Crippen molar-refractivity contribution in [3.8, 4) is 11.8 Å². The van der Waals surface area contributed by atoms with Gasteiger partial charge >= 0.3 is 5.97 Å². The van der Waals surface area contributed by atoms with Crippen LogP contribution in [0.2, 0.25) is 0 Å². The zero-order valence-corrected chi connectivity index (χ0v) is 24.0. The van der Waals surface area contributed by atoms with Crippen LogP contribution in [-0.2, 0) is 6.42 Å². The molecule has 2 aromatic rings. The molecule has 1 aliphatic rings. The predicted molar refractivity (Wildman–Crippen MR) is 158 cm³/mol. The molecule has 0 radical (unpaired) electrons. The summed E-state index contributed by atoms with van der Waals surface area (Å²) in [6.07, 6.45) is 21.8. The minimum absolute atomic E-state index is 0.350. The molecule has 3 heteroatoms. The quantitative estimate of drug-likeness (QED) is 0.127. The second kappa shape index (κ2) is 17.1. The van der Waals surface area contributed by atoms with Crippen LogP contribution in [0.25, 0.3) is 0 Å². The largest absolute Gasteiger partial charge is 0.422 e. The number of esters is 1. The van der Waals surface area contributed by atoms with Crippen LogP contribution in [0.4, 0.5) is 0 Å².